The molecule has 0 amide bonds. The number of aromatic amines is 2. The topological polar surface area (TPSA) is 115 Å². The maximum absolute atomic E-state index is 9.40. The van der Waals surface area contributed by atoms with Gasteiger partial charge in [0.25, 0.3) is 0 Å². The van der Waals surface area contributed by atoms with Crippen LogP contribution in [-0.4, -0.2) is 35.2 Å². The SMILES string of the molecule is OCc1c[nH]c2ncnc(Nc3cnc4[nH]ncc4c3)c12. The molecular formula is C13H11N7O. The molecule has 0 unspecified atom stereocenters. The van der Waals surface area contributed by atoms with Gasteiger partial charge in [0, 0.05) is 17.1 Å². The highest BCUT2D eigenvalue weighted by Gasteiger charge is 2.11. The number of H-pyrrole nitrogens is 2. The van der Waals surface area contributed by atoms with Crippen LogP contribution in [0.3, 0.4) is 0 Å². The van der Waals surface area contributed by atoms with Gasteiger partial charge in [-0.2, -0.15) is 5.10 Å². The van der Waals surface area contributed by atoms with E-state index in [9.17, 15) is 5.11 Å². The first-order valence-corrected chi connectivity index (χ1v) is 6.33. The summed E-state index contributed by atoms with van der Waals surface area (Å²) in [6.07, 6.45) is 6.59. The molecule has 0 bridgehead atoms. The van der Waals surface area contributed by atoms with Crippen LogP contribution < -0.4 is 5.32 Å². The highest BCUT2D eigenvalue weighted by Crippen LogP contribution is 2.26. The van der Waals surface area contributed by atoms with Crippen LogP contribution in [0.15, 0.2) is 31.0 Å². The number of pyridine rings is 1. The van der Waals surface area contributed by atoms with Gasteiger partial charge in [-0.1, -0.05) is 0 Å². The Morgan fingerprint density at radius 3 is 3.00 bits per heavy atom. The molecule has 0 aliphatic carbocycles. The van der Waals surface area contributed by atoms with Crippen molar-refractivity contribution in [1.82, 2.24) is 30.1 Å². The molecule has 0 atom stereocenters. The fourth-order valence-electron chi connectivity index (χ4n) is 2.29. The number of hydrogen-bond acceptors (Lipinski definition) is 6. The van der Waals surface area contributed by atoms with Crippen LogP contribution in [0.1, 0.15) is 5.56 Å². The van der Waals surface area contributed by atoms with Crippen LogP contribution in [0.2, 0.25) is 0 Å². The van der Waals surface area contributed by atoms with Gasteiger partial charge in [-0.3, -0.25) is 5.10 Å². The lowest BCUT2D eigenvalue weighted by molar-refractivity contribution is 0.283. The first-order valence-electron chi connectivity index (χ1n) is 6.33. The van der Waals surface area contributed by atoms with Gasteiger partial charge in [-0.25, -0.2) is 15.0 Å². The number of aromatic nitrogens is 6. The maximum atomic E-state index is 9.40. The summed E-state index contributed by atoms with van der Waals surface area (Å²) in [7, 11) is 0. The Morgan fingerprint density at radius 1 is 1.14 bits per heavy atom. The highest BCUT2D eigenvalue weighted by atomic mass is 16.3. The minimum absolute atomic E-state index is 0.0823. The van der Waals surface area contributed by atoms with Crippen LogP contribution in [0.5, 0.6) is 0 Å². The number of aliphatic hydroxyl groups is 1. The molecule has 104 valence electrons. The summed E-state index contributed by atoms with van der Waals surface area (Å²) in [5.74, 6) is 0.620. The van der Waals surface area contributed by atoms with Crippen LogP contribution in [0.4, 0.5) is 11.5 Å². The number of hydrogen-bond donors (Lipinski definition) is 4. The van der Waals surface area contributed by atoms with Crippen molar-refractivity contribution in [3.05, 3.63) is 36.5 Å². The Hall–Kier alpha value is -3.00. The lowest BCUT2D eigenvalue weighted by Crippen LogP contribution is -1.97. The van der Waals surface area contributed by atoms with Crippen molar-refractivity contribution in [3.8, 4) is 0 Å². The molecule has 0 radical (unpaired) electrons. The Balaban J connectivity index is 1.81. The second kappa shape index (κ2) is 4.53. The standard InChI is InChI=1S/C13H11N7O/c21-5-8-2-14-12-10(8)13(17-6-16-12)19-9-1-7-3-18-20-11(7)15-4-9/h1-4,6,21H,5H2,(H,15,18,20)(H2,14,16,17,19). The molecule has 0 saturated heterocycles. The molecule has 4 rings (SSSR count). The number of rotatable bonds is 3. The Labute approximate surface area is 118 Å². The van der Waals surface area contributed by atoms with Crippen molar-refractivity contribution in [1.29, 1.82) is 0 Å². The Morgan fingerprint density at radius 2 is 2.10 bits per heavy atom. The van der Waals surface area contributed by atoms with E-state index in [-0.39, 0.29) is 6.61 Å². The molecule has 8 nitrogen and oxygen atoms in total. The van der Waals surface area contributed by atoms with E-state index in [1.165, 1.54) is 6.33 Å². The summed E-state index contributed by atoms with van der Waals surface area (Å²) < 4.78 is 0. The van der Waals surface area contributed by atoms with E-state index in [0.29, 0.717) is 11.5 Å². The Kier molecular flexibility index (Phi) is 2.54. The number of nitrogens with zero attached hydrogens (tertiary/aromatic N) is 4. The zero-order valence-electron chi connectivity index (χ0n) is 10.8. The van der Waals surface area contributed by atoms with Gasteiger partial charge >= 0.3 is 0 Å². The molecule has 0 aliphatic rings. The molecule has 0 aliphatic heterocycles. The first kappa shape index (κ1) is 11.8. The highest BCUT2D eigenvalue weighted by molar-refractivity contribution is 5.92. The summed E-state index contributed by atoms with van der Waals surface area (Å²) in [5, 5.41) is 21.0. The first-order chi connectivity index (χ1) is 10.3. The van der Waals surface area contributed by atoms with Crippen LogP contribution >= 0.6 is 0 Å². The minimum atomic E-state index is -0.0823. The van der Waals surface area contributed by atoms with Gasteiger partial charge in [0.1, 0.15) is 17.8 Å². The number of nitrogens with one attached hydrogen (secondary N) is 3. The number of aliphatic hydroxyl groups excluding tert-OH is 1. The molecule has 4 heterocycles. The van der Waals surface area contributed by atoms with Crippen molar-refractivity contribution < 1.29 is 5.11 Å². The predicted molar refractivity (Wildman–Crippen MR) is 77.0 cm³/mol. The van der Waals surface area contributed by atoms with Gasteiger partial charge in [-0.15, -0.1) is 0 Å². The lowest BCUT2D eigenvalue weighted by atomic mass is 10.2. The predicted octanol–water partition coefficient (Wildman–Crippen LogP) is 1.47. The van der Waals surface area contributed by atoms with Crippen molar-refractivity contribution in [2.24, 2.45) is 0 Å². The normalized spacial score (nSPS) is 11.3. The fraction of sp³-hybridized carbons (Fsp3) is 0.0769. The van der Waals surface area contributed by atoms with Crippen molar-refractivity contribution in [2.45, 2.75) is 6.61 Å². The average Bonchev–Trinajstić information content (AvgIpc) is 3.13. The minimum Gasteiger partial charge on any atom is -0.392 e. The van der Waals surface area contributed by atoms with E-state index in [1.807, 2.05) is 6.07 Å². The van der Waals surface area contributed by atoms with E-state index in [2.05, 4.69) is 35.5 Å². The largest absolute Gasteiger partial charge is 0.392 e. The average molecular weight is 281 g/mol. The quantitative estimate of drug-likeness (QED) is 0.452. The molecule has 4 aromatic heterocycles. The van der Waals surface area contributed by atoms with Crippen LogP contribution in [0.25, 0.3) is 22.1 Å². The molecule has 0 aromatic carbocycles. The van der Waals surface area contributed by atoms with E-state index >= 15 is 0 Å². The van der Waals surface area contributed by atoms with Gasteiger partial charge < -0.3 is 15.4 Å². The van der Waals surface area contributed by atoms with E-state index < -0.39 is 0 Å². The molecule has 0 saturated carbocycles. The summed E-state index contributed by atoms with van der Waals surface area (Å²) in [6, 6.07) is 1.92. The summed E-state index contributed by atoms with van der Waals surface area (Å²) in [5.41, 5.74) is 2.93. The third-order valence-electron chi connectivity index (χ3n) is 3.28. The molecule has 4 N–H and O–H groups in total. The number of fused-ring (bicyclic) bond motifs is 2. The van der Waals surface area contributed by atoms with Gasteiger partial charge in [0.05, 0.1) is 30.1 Å². The van der Waals surface area contributed by atoms with Gasteiger partial charge in [-0.05, 0) is 6.07 Å². The molecule has 8 heteroatoms. The van der Waals surface area contributed by atoms with Crippen molar-refractivity contribution in [2.75, 3.05) is 5.32 Å². The third-order valence-corrected chi connectivity index (χ3v) is 3.28. The molecular weight excluding hydrogens is 270 g/mol. The molecule has 4 aromatic rings. The number of anilines is 2. The zero-order valence-corrected chi connectivity index (χ0v) is 10.8. The molecule has 0 spiro atoms. The second-order valence-electron chi connectivity index (χ2n) is 4.57. The lowest BCUT2D eigenvalue weighted by Gasteiger charge is -2.07. The summed E-state index contributed by atoms with van der Waals surface area (Å²) in [4.78, 5) is 15.7. The smallest absolute Gasteiger partial charge is 0.155 e. The van der Waals surface area contributed by atoms with E-state index in [0.717, 1.165) is 27.7 Å². The molecule has 21 heavy (non-hydrogen) atoms. The van der Waals surface area contributed by atoms with Gasteiger partial charge in [0.2, 0.25) is 0 Å². The fourth-order valence-corrected chi connectivity index (χ4v) is 2.29. The van der Waals surface area contributed by atoms with Crippen molar-refractivity contribution >= 4 is 33.6 Å². The third kappa shape index (κ3) is 1.89. The second-order valence-corrected chi connectivity index (χ2v) is 4.57. The zero-order chi connectivity index (χ0) is 14.2. The summed E-state index contributed by atoms with van der Waals surface area (Å²) in [6.45, 7) is -0.0823. The Bertz CT molecular complexity index is 926. The van der Waals surface area contributed by atoms with Crippen molar-refractivity contribution in [3.63, 3.8) is 0 Å². The van der Waals surface area contributed by atoms with Crippen LogP contribution in [-0.2, 0) is 6.61 Å². The molecule has 0 fully saturated rings. The van der Waals surface area contributed by atoms with E-state index in [4.69, 9.17) is 0 Å². The van der Waals surface area contributed by atoms with Crippen LogP contribution in [0, 0.1) is 0 Å². The van der Waals surface area contributed by atoms with Gasteiger partial charge in [0.15, 0.2) is 5.65 Å². The maximum Gasteiger partial charge on any atom is 0.155 e. The summed E-state index contributed by atoms with van der Waals surface area (Å²) >= 11 is 0. The monoisotopic (exact) mass is 281 g/mol. The van der Waals surface area contributed by atoms with E-state index in [1.54, 1.807) is 18.6 Å².